The molecule has 1 aliphatic rings. The van der Waals surface area contributed by atoms with Crippen molar-refractivity contribution in [3.05, 3.63) is 93.0 Å². The number of rotatable bonds is 7. The average Bonchev–Trinajstić information content (AvgIpc) is 2.86. The Morgan fingerprint density at radius 1 is 0.925 bits per heavy atom. The molecule has 0 atom stereocenters. The lowest BCUT2D eigenvalue weighted by Crippen LogP contribution is -2.54. The standard InChI is InChI=1S/C29H24ClF3N2O5/c1-4-39-25-13-18(5-8-24(25)40-15-19-10-16(2)9-17(3)11-19)12-21-26(36)34-28(38)35(27(21)37)23-14-20(29(31,32)33)6-7-22(23)30/h5-14H,4,15H2,1-3H3,(H,34,36,38)/b21-12-. The summed E-state index contributed by atoms with van der Waals surface area (Å²) in [6, 6.07) is 11.8. The number of benzene rings is 3. The number of ether oxygens (including phenoxy) is 2. The topological polar surface area (TPSA) is 84.9 Å². The van der Waals surface area contributed by atoms with Crippen molar-refractivity contribution in [3.63, 3.8) is 0 Å². The van der Waals surface area contributed by atoms with Crippen LogP contribution >= 0.6 is 11.6 Å². The normalized spacial score (nSPS) is 14.9. The summed E-state index contributed by atoms with van der Waals surface area (Å²) >= 11 is 6.04. The number of urea groups is 1. The molecular formula is C29H24ClF3N2O5. The number of carbonyl (C=O) groups excluding carboxylic acids is 3. The maximum absolute atomic E-state index is 13.3. The van der Waals surface area contributed by atoms with Crippen LogP contribution in [0.1, 0.15) is 34.7 Å². The number of barbiturate groups is 1. The van der Waals surface area contributed by atoms with Crippen molar-refractivity contribution in [2.75, 3.05) is 11.5 Å². The molecule has 1 fully saturated rings. The maximum atomic E-state index is 13.3. The van der Waals surface area contributed by atoms with Gasteiger partial charge in [0.05, 0.1) is 22.9 Å². The van der Waals surface area contributed by atoms with E-state index >= 15 is 0 Å². The minimum Gasteiger partial charge on any atom is -0.490 e. The quantitative estimate of drug-likeness (QED) is 0.254. The Labute approximate surface area is 233 Å². The van der Waals surface area contributed by atoms with E-state index in [-0.39, 0.29) is 11.6 Å². The predicted molar refractivity (Wildman–Crippen MR) is 143 cm³/mol. The molecule has 3 aromatic rings. The van der Waals surface area contributed by atoms with Crippen molar-refractivity contribution in [1.29, 1.82) is 0 Å². The van der Waals surface area contributed by atoms with Crippen LogP contribution in [-0.2, 0) is 22.4 Å². The van der Waals surface area contributed by atoms with E-state index in [1.54, 1.807) is 25.1 Å². The molecule has 0 saturated carbocycles. The van der Waals surface area contributed by atoms with E-state index < -0.39 is 40.8 Å². The molecule has 0 spiro atoms. The number of hydrogen-bond donors (Lipinski definition) is 1. The van der Waals surface area contributed by atoms with E-state index in [9.17, 15) is 27.6 Å². The zero-order valence-corrected chi connectivity index (χ0v) is 22.4. The first-order valence-corrected chi connectivity index (χ1v) is 12.5. The molecule has 11 heteroatoms. The van der Waals surface area contributed by atoms with Gasteiger partial charge in [0, 0.05) is 0 Å². The van der Waals surface area contributed by atoms with Crippen molar-refractivity contribution in [2.24, 2.45) is 0 Å². The minimum absolute atomic E-state index is 0.277. The number of nitrogens with one attached hydrogen (secondary N) is 1. The summed E-state index contributed by atoms with van der Waals surface area (Å²) in [6.07, 6.45) is -3.55. The summed E-state index contributed by atoms with van der Waals surface area (Å²) in [4.78, 5) is 38.7. The van der Waals surface area contributed by atoms with Crippen molar-refractivity contribution in [3.8, 4) is 11.5 Å². The number of nitrogens with zero attached hydrogens (tertiary/aromatic N) is 1. The highest BCUT2D eigenvalue weighted by molar-refractivity contribution is 6.42. The minimum atomic E-state index is -4.75. The van der Waals surface area contributed by atoms with Gasteiger partial charge in [0.1, 0.15) is 12.2 Å². The Balaban J connectivity index is 1.65. The second kappa shape index (κ2) is 11.4. The van der Waals surface area contributed by atoms with Crippen molar-refractivity contribution in [1.82, 2.24) is 5.32 Å². The summed E-state index contributed by atoms with van der Waals surface area (Å²) in [7, 11) is 0. The number of halogens is 4. The van der Waals surface area contributed by atoms with Crippen LogP contribution in [0.3, 0.4) is 0 Å². The van der Waals surface area contributed by atoms with E-state index in [4.69, 9.17) is 21.1 Å². The van der Waals surface area contributed by atoms with E-state index in [1.807, 2.05) is 31.3 Å². The Bertz CT molecular complexity index is 1510. The van der Waals surface area contributed by atoms with Crippen molar-refractivity contribution in [2.45, 2.75) is 33.6 Å². The highest BCUT2D eigenvalue weighted by atomic mass is 35.5. The molecule has 208 valence electrons. The van der Waals surface area contributed by atoms with Crippen LogP contribution < -0.4 is 19.7 Å². The predicted octanol–water partition coefficient (Wildman–Crippen LogP) is 6.62. The van der Waals surface area contributed by atoms with E-state index in [0.717, 1.165) is 28.8 Å². The summed E-state index contributed by atoms with van der Waals surface area (Å²) in [6.45, 7) is 6.33. The molecule has 0 aromatic heterocycles. The second-order valence-corrected chi connectivity index (χ2v) is 9.45. The van der Waals surface area contributed by atoms with Crippen LogP contribution in [0, 0.1) is 13.8 Å². The number of imide groups is 2. The van der Waals surface area contributed by atoms with Gasteiger partial charge in [-0.25, -0.2) is 9.69 Å². The van der Waals surface area contributed by atoms with Gasteiger partial charge in [-0.3, -0.25) is 14.9 Å². The number of anilines is 1. The Kier molecular flexibility index (Phi) is 8.20. The molecule has 3 aromatic carbocycles. The van der Waals surface area contributed by atoms with Gasteiger partial charge in [0.25, 0.3) is 11.8 Å². The van der Waals surface area contributed by atoms with Crippen molar-refractivity contribution < 1.29 is 37.0 Å². The molecular weight excluding hydrogens is 549 g/mol. The molecule has 1 N–H and O–H groups in total. The van der Waals surface area contributed by atoms with Gasteiger partial charge in [-0.1, -0.05) is 47.0 Å². The van der Waals surface area contributed by atoms with Crippen LogP contribution in [0.5, 0.6) is 11.5 Å². The first-order valence-electron chi connectivity index (χ1n) is 12.1. The van der Waals surface area contributed by atoms with Crippen molar-refractivity contribution >= 4 is 41.2 Å². The third-order valence-electron chi connectivity index (χ3n) is 5.87. The van der Waals surface area contributed by atoms with Gasteiger partial charge >= 0.3 is 12.2 Å². The van der Waals surface area contributed by atoms with Crippen LogP contribution in [-0.4, -0.2) is 24.5 Å². The second-order valence-electron chi connectivity index (χ2n) is 9.05. The monoisotopic (exact) mass is 572 g/mol. The molecule has 0 unspecified atom stereocenters. The summed E-state index contributed by atoms with van der Waals surface area (Å²) in [5, 5.41) is 1.69. The molecule has 4 rings (SSSR count). The van der Waals surface area contributed by atoms with Gasteiger partial charge in [-0.05, 0) is 68.3 Å². The lowest BCUT2D eigenvalue weighted by Gasteiger charge is -2.27. The first-order chi connectivity index (χ1) is 18.9. The molecule has 1 aliphatic heterocycles. The van der Waals surface area contributed by atoms with Gasteiger partial charge in [-0.2, -0.15) is 13.2 Å². The smallest absolute Gasteiger partial charge is 0.416 e. The van der Waals surface area contributed by atoms with Crippen LogP contribution in [0.4, 0.5) is 23.7 Å². The fraction of sp³-hybridized carbons (Fsp3) is 0.207. The highest BCUT2D eigenvalue weighted by Crippen LogP contribution is 2.37. The number of hydrogen-bond acceptors (Lipinski definition) is 5. The average molecular weight is 573 g/mol. The Hall–Kier alpha value is -4.31. The zero-order chi connectivity index (χ0) is 29.2. The molecule has 0 aliphatic carbocycles. The van der Waals surface area contributed by atoms with Gasteiger partial charge in [-0.15, -0.1) is 0 Å². The Morgan fingerprint density at radius 3 is 2.27 bits per heavy atom. The highest BCUT2D eigenvalue weighted by Gasteiger charge is 2.39. The fourth-order valence-corrected chi connectivity index (χ4v) is 4.42. The molecule has 4 amide bonds. The third-order valence-corrected chi connectivity index (χ3v) is 6.19. The first kappa shape index (κ1) is 28.7. The molecule has 40 heavy (non-hydrogen) atoms. The van der Waals surface area contributed by atoms with Crippen LogP contribution in [0.2, 0.25) is 5.02 Å². The number of carbonyl (C=O) groups is 3. The number of alkyl halides is 3. The van der Waals surface area contributed by atoms with Crippen LogP contribution in [0.25, 0.3) is 6.08 Å². The van der Waals surface area contributed by atoms with Gasteiger partial charge < -0.3 is 9.47 Å². The Morgan fingerprint density at radius 2 is 1.62 bits per heavy atom. The van der Waals surface area contributed by atoms with E-state index in [2.05, 4.69) is 6.07 Å². The van der Waals surface area contributed by atoms with E-state index in [1.165, 1.54) is 6.08 Å². The molecule has 1 saturated heterocycles. The molecule has 0 radical (unpaired) electrons. The third kappa shape index (κ3) is 6.28. The lowest BCUT2D eigenvalue weighted by molar-refractivity contribution is -0.137. The summed E-state index contributed by atoms with van der Waals surface area (Å²) in [5.41, 5.74) is 1.40. The zero-order valence-electron chi connectivity index (χ0n) is 21.7. The number of aryl methyl sites for hydroxylation is 2. The van der Waals surface area contributed by atoms with Gasteiger partial charge in [0.15, 0.2) is 11.5 Å². The molecule has 0 bridgehead atoms. The largest absolute Gasteiger partial charge is 0.490 e. The lowest BCUT2D eigenvalue weighted by atomic mass is 10.1. The summed E-state index contributed by atoms with van der Waals surface area (Å²) in [5.74, 6) is -1.38. The number of amides is 4. The van der Waals surface area contributed by atoms with Gasteiger partial charge in [0.2, 0.25) is 0 Å². The maximum Gasteiger partial charge on any atom is 0.416 e. The molecule has 1 heterocycles. The SMILES string of the molecule is CCOc1cc(/C=C2/C(=O)NC(=O)N(c3cc(C(F)(F)F)ccc3Cl)C2=O)ccc1OCc1cc(C)cc(C)c1. The van der Waals surface area contributed by atoms with E-state index in [0.29, 0.717) is 34.6 Å². The molecule has 7 nitrogen and oxygen atoms in total. The fourth-order valence-electron chi connectivity index (χ4n) is 4.22. The summed E-state index contributed by atoms with van der Waals surface area (Å²) < 4.78 is 51.5. The van der Waals surface area contributed by atoms with Crippen LogP contribution in [0.15, 0.2) is 60.2 Å².